The third-order valence-corrected chi connectivity index (χ3v) is 4.04. The average molecular weight is 332 g/mol. The number of pyridine rings is 1. The van der Waals surface area contributed by atoms with Crippen molar-refractivity contribution in [2.75, 3.05) is 23.3 Å². The highest BCUT2D eigenvalue weighted by Gasteiger charge is 2.22. The zero-order valence-corrected chi connectivity index (χ0v) is 15.2. The molecule has 0 unspecified atom stereocenters. The van der Waals surface area contributed by atoms with Gasteiger partial charge in [-0.2, -0.15) is 0 Å². The van der Waals surface area contributed by atoms with Crippen molar-refractivity contribution < 1.29 is 0 Å². The third kappa shape index (κ3) is 4.93. The molecule has 5 heteroatoms. The van der Waals surface area contributed by atoms with Gasteiger partial charge in [0, 0.05) is 19.1 Å². The van der Waals surface area contributed by atoms with Crippen molar-refractivity contribution in [3.63, 3.8) is 0 Å². The van der Waals surface area contributed by atoms with Gasteiger partial charge in [0.05, 0.1) is 10.0 Å². The first-order valence-corrected chi connectivity index (χ1v) is 8.56. The molecule has 0 aliphatic heterocycles. The standard InChI is InChI=1S/C16H27Cl2N3/c1-6-12(7-2)21(10-11(4)5)16-14(18)9-13(17)15(20-16)19-8-3/h9,11-12H,6-8,10H2,1-5H3,(H,19,20). The number of hydrogen-bond donors (Lipinski definition) is 1. The first kappa shape index (κ1) is 18.4. The second-order valence-electron chi connectivity index (χ2n) is 5.67. The Balaban J connectivity index is 3.25. The Morgan fingerprint density at radius 1 is 1.14 bits per heavy atom. The van der Waals surface area contributed by atoms with Gasteiger partial charge < -0.3 is 10.2 Å². The predicted octanol–water partition coefficient (Wildman–Crippen LogP) is 5.47. The molecule has 0 atom stereocenters. The number of anilines is 2. The van der Waals surface area contributed by atoms with Crippen LogP contribution in [0.15, 0.2) is 6.07 Å². The molecule has 1 N–H and O–H groups in total. The molecule has 3 nitrogen and oxygen atoms in total. The number of rotatable bonds is 8. The summed E-state index contributed by atoms with van der Waals surface area (Å²) in [6, 6.07) is 2.23. The van der Waals surface area contributed by atoms with E-state index in [1.54, 1.807) is 6.07 Å². The normalized spacial score (nSPS) is 11.3. The minimum atomic E-state index is 0.438. The van der Waals surface area contributed by atoms with Crippen LogP contribution in [-0.2, 0) is 0 Å². The summed E-state index contributed by atoms with van der Waals surface area (Å²) in [6.07, 6.45) is 2.14. The third-order valence-electron chi connectivity index (χ3n) is 3.47. The molecule has 0 saturated carbocycles. The summed E-state index contributed by atoms with van der Waals surface area (Å²) in [7, 11) is 0. The Kier molecular flexibility index (Phi) is 7.61. The van der Waals surface area contributed by atoms with Crippen LogP contribution in [0.5, 0.6) is 0 Å². The Morgan fingerprint density at radius 3 is 2.24 bits per heavy atom. The molecule has 0 aliphatic rings. The van der Waals surface area contributed by atoms with Crippen molar-refractivity contribution in [3.8, 4) is 0 Å². The summed E-state index contributed by atoms with van der Waals surface area (Å²) in [5.41, 5.74) is 0. The zero-order chi connectivity index (χ0) is 16.0. The topological polar surface area (TPSA) is 28.2 Å². The monoisotopic (exact) mass is 331 g/mol. The highest BCUT2D eigenvalue weighted by atomic mass is 35.5. The maximum atomic E-state index is 6.42. The molecule has 1 heterocycles. The van der Waals surface area contributed by atoms with Crippen LogP contribution in [0.4, 0.5) is 11.6 Å². The predicted molar refractivity (Wildman–Crippen MR) is 95.0 cm³/mol. The Hall–Kier alpha value is -0.670. The number of nitrogens with zero attached hydrogens (tertiary/aromatic N) is 2. The Morgan fingerprint density at radius 2 is 1.76 bits per heavy atom. The van der Waals surface area contributed by atoms with Gasteiger partial charge in [-0.3, -0.25) is 0 Å². The fourth-order valence-corrected chi connectivity index (χ4v) is 3.01. The highest BCUT2D eigenvalue weighted by Crippen LogP contribution is 2.33. The van der Waals surface area contributed by atoms with Gasteiger partial charge in [0.25, 0.3) is 0 Å². The fraction of sp³-hybridized carbons (Fsp3) is 0.688. The van der Waals surface area contributed by atoms with Crippen LogP contribution < -0.4 is 10.2 Å². The molecule has 0 bridgehead atoms. The summed E-state index contributed by atoms with van der Waals surface area (Å²) >= 11 is 12.6. The fourth-order valence-electron chi connectivity index (χ4n) is 2.48. The van der Waals surface area contributed by atoms with Gasteiger partial charge in [-0.1, -0.05) is 50.9 Å². The molecule has 1 aromatic rings. The lowest BCUT2D eigenvalue weighted by Gasteiger charge is -2.34. The van der Waals surface area contributed by atoms with E-state index in [1.165, 1.54) is 0 Å². The van der Waals surface area contributed by atoms with E-state index < -0.39 is 0 Å². The lowest BCUT2D eigenvalue weighted by atomic mass is 10.1. The van der Waals surface area contributed by atoms with Crippen LogP contribution in [0.25, 0.3) is 0 Å². The molecular weight excluding hydrogens is 305 g/mol. The molecule has 0 aliphatic carbocycles. The van der Waals surface area contributed by atoms with E-state index in [0.717, 1.165) is 31.7 Å². The molecule has 21 heavy (non-hydrogen) atoms. The van der Waals surface area contributed by atoms with Crippen LogP contribution in [0.3, 0.4) is 0 Å². The summed E-state index contributed by atoms with van der Waals surface area (Å²) in [5, 5.41) is 4.39. The molecule has 0 fully saturated rings. The van der Waals surface area contributed by atoms with Crippen molar-refractivity contribution in [2.24, 2.45) is 5.92 Å². The molecule has 0 radical (unpaired) electrons. The summed E-state index contributed by atoms with van der Waals surface area (Å²) in [4.78, 5) is 7.01. The maximum absolute atomic E-state index is 6.42. The van der Waals surface area contributed by atoms with E-state index in [9.17, 15) is 0 Å². The zero-order valence-electron chi connectivity index (χ0n) is 13.7. The van der Waals surface area contributed by atoms with Gasteiger partial charge in [-0.05, 0) is 31.7 Å². The molecule has 0 saturated heterocycles. The quantitative estimate of drug-likeness (QED) is 0.684. The lowest BCUT2D eigenvalue weighted by molar-refractivity contribution is 0.503. The minimum Gasteiger partial charge on any atom is -0.369 e. The average Bonchev–Trinajstić information content (AvgIpc) is 2.42. The van der Waals surface area contributed by atoms with E-state index in [4.69, 9.17) is 23.2 Å². The second kappa shape index (κ2) is 8.70. The van der Waals surface area contributed by atoms with Gasteiger partial charge in [-0.25, -0.2) is 4.98 Å². The van der Waals surface area contributed by atoms with Gasteiger partial charge >= 0.3 is 0 Å². The second-order valence-corrected chi connectivity index (χ2v) is 6.49. The maximum Gasteiger partial charge on any atom is 0.150 e. The van der Waals surface area contributed by atoms with E-state index in [2.05, 4.69) is 42.9 Å². The van der Waals surface area contributed by atoms with Gasteiger partial charge in [0.1, 0.15) is 11.6 Å². The van der Waals surface area contributed by atoms with E-state index >= 15 is 0 Å². The van der Waals surface area contributed by atoms with Crippen LogP contribution in [0.1, 0.15) is 47.5 Å². The van der Waals surface area contributed by atoms with Crippen LogP contribution in [0, 0.1) is 5.92 Å². The van der Waals surface area contributed by atoms with Crippen LogP contribution in [-0.4, -0.2) is 24.1 Å². The summed E-state index contributed by atoms with van der Waals surface area (Å²) < 4.78 is 0. The van der Waals surface area contributed by atoms with Crippen molar-refractivity contribution in [2.45, 2.75) is 53.5 Å². The smallest absolute Gasteiger partial charge is 0.150 e. The van der Waals surface area contributed by atoms with Crippen LogP contribution >= 0.6 is 23.2 Å². The molecule has 0 amide bonds. The number of hydrogen-bond acceptors (Lipinski definition) is 3. The van der Waals surface area contributed by atoms with E-state index in [-0.39, 0.29) is 0 Å². The molecule has 1 aromatic heterocycles. The molecule has 0 spiro atoms. The lowest BCUT2D eigenvalue weighted by Crippen LogP contribution is -2.38. The van der Waals surface area contributed by atoms with Gasteiger partial charge in [0.15, 0.2) is 0 Å². The Bertz CT molecular complexity index is 445. The van der Waals surface area contributed by atoms with E-state index in [1.807, 2.05) is 6.92 Å². The highest BCUT2D eigenvalue weighted by molar-refractivity contribution is 6.37. The van der Waals surface area contributed by atoms with Crippen LogP contribution in [0.2, 0.25) is 10.0 Å². The molecular formula is C16H27Cl2N3. The largest absolute Gasteiger partial charge is 0.369 e. The van der Waals surface area contributed by atoms with E-state index in [0.29, 0.717) is 27.8 Å². The Labute approximate surface area is 139 Å². The van der Waals surface area contributed by atoms with Gasteiger partial charge in [0.2, 0.25) is 0 Å². The van der Waals surface area contributed by atoms with Crippen molar-refractivity contribution in [3.05, 3.63) is 16.1 Å². The van der Waals surface area contributed by atoms with Crippen molar-refractivity contribution in [1.29, 1.82) is 0 Å². The molecule has 0 aromatic carbocycles. The first-order chi connectivity index (χ1) is 9.94. The summed E-state index contributed by atoms with van der Waals surface area (Å²) in [6.45, 7) is 12.6. The number of aromatic nitrogens is 1. The van der Waals surface area contributed by atoms with Gasteiger partial charge in [-0.15, -0.1) is 0 Å². The van der Waals surface area contributed by atoms with Crippen molar-refractivity contribution in [1.82, 2.24) is 4.98 Å². The SMILES string of the molecule is CCNc1nc(N(CC(C)C)C(CC)CC)c(Cl)cc1Cl. The number of nitrogens with one attached hydrogen (secondary N) is 1. The molecule has 1 rings (SSSR count). The van der Waals surface area contributed by atoms with Crippen molar-refractivity contribution >= 4 is 34.8 Å². The number of halogens is 2. The summed E-state index contributed by atoms with van der Waals surface area (Å²) in [5.74, 6) is 2.08. The first-order valence-electron chi connectivity index (χ1n) is 7.80. The minimum absolute atomic E-state index is 0.438. The molecule has 120 valence electrons.